The molecular weight excluding hydrogens is 391 g/mol. The van der Waals surface area contributed by atoms with E-state index in [9.17, 15) is 22.8 Å². The van der Waals surface area contributed by atoms with Crippen LogP contribution in [0.3, 0.4) is 0 Å². The van der Waals surface area contributed by atoms with E-state index in [0.29, 0.717) is 6.07 Å². The van der Waals surface area contributed by atoms with Gasteiger partial charge in [0.15, 0.2) is 11.0 Å². The Balaban J connectivity index is 1.96. The van der Waals surface area contributed by atoms with Gasteiger partial charge in [-0.15, -0.1) is 0 Å². The number of nitrogens with zero attached hydrogens (tertiary/aromatic N) is 2. The molecule has 5 nitrogen and oxygen atoms in total. The number of carbonyl (C=O) groups is 2. The minimum absolute atomic E-state index is 0.0985. The van der Waals surface area contributed by atoms with Crippen LogP contribution in [0.25, 0.3) is 0 Å². The van der Waals surface area contributed by atoms with E-state index in [2.05, 4.69) is 10.3 Å². The summed E-state index contributed by atoms with van der Waals surface area (Å²) in [5.41, 5.74) is 0.0974. The number of amides is 2. The molecule has 0 aliphatic carbocycles. The summed E-state index contributed by atoms with van der Waals surface area (Å²) >= 11 is 0.986. The molecule has 1 aliphatic rings. The maximum absolute atomic E-state index is 14.0. The fourth-order valence-electron chi connectivity index (χ4n) is 2.61. The molecule has 3 rings (SSSR count). The lowest BCUT2D eigenvalue weighted by atomic mass is 10.2. The van der Waals surface area contributed by atoms with Gasteiger partial charge >= 0.3 is 0 Å². The first kappa shape index (κ1) is 19.9. The van der Waals surface area contributed by atoms with Gasteiger partial charge in [-0.3, -0.25) is 14.5 Å². The summed E-state index contributed by atoms with van der Waals surface area (Å²) in [5, 5.41) is 1.79. The summed E-state index contributed by atoms with van der Waals surface area (Å²) in [6.45, 7) is -0.121. The van der Waals surface area contributed by atoms with Gasteiger partial charge in [0.25, 0.3) is 0 Å². The van der Waals surface area contributed by atoms with E-state index in [1.54, 1.807) is 6.07 Å². The lowest BCUT2D eigenvalue weighted by Crippen LogP contribution is -2.34. The molecule has 146 valence electrons. The molecule has 1 saturated heterocycles. The lowest BCUT2D eigenvalue weighted by Gasteiger charge is -2.17. The number of thioether (sulfide) groups is 1. The Morgan fingerprint density at radius 3 is 2.61 bits per heavy atom. The van der Waals surface area contributed by atoms with Gasteiger partial charge in [-0.2, -0.15) is 0 Å². The van der Waals surface area contributed by atoms with E-state index in [4.69, 9.17) is 0 Å². The third-order valence-corrected chi connectivity index (χ3v) is 5.26. The van der Waals surface area contributed by atoms with E-state index in [0.717, 1.165) is 23.9 Å². The highest BCUT2D eigenvalue weighted by Gasteiger charge is 2.39. The zero-order valence-corrected chi connectivity index (χ0v) is 15.6. The van der Waals surface area contributed by atoms with Crippen LogP contribution in [-0.4, -0.2) is 34.2 Å². The summed E-state index contributed by atoms with van der Waals surface area (Å²) in [7, 11) is 1.45. The van der Waals surface area contributed by atoms with Crippen LogP contribution < -0.4 is 5.32 Å². The second-order valence-corrected chi connectivity index (χ2v) is 7.16. The number of aliphatic imine (C=N–C) groups is 1. The predicted molar refractivity (Wildman–Crippen MR) is 100 cm³/mol. The van der Waals surface area contributed by atoms with Gasteiger partial charge in [-0.25, -0.2) is 18.2 Å². The van der Waals surface area contributed by atoms with Crippen molar-refractivity contribution in [1.82, 2.24) is 10.2 Å². The van der Waals surface area contributed by atoms with Crippen molar-refractivity contribution in [3.8, 4) is 0 Å². The van der Waals surface area contributed by atoms with E-state index >= 15 is 0 Å². The molecule has 28 heavy (non-hydrogen) atoms. The second-order valence-electron chi connectivity index (χ2n) is 5.99. The summed E-state index contributed by atoms with van der Waals surface area (Å²) < 4.78 is 41.2. The zero-order valence-electron chi connectivity index (χ0n) is 14.8. The monoisotopic (exact) mass is 407 g/mol. The zero-order chi connectivity index (χ0) is 20.3. The number of amidine groups is 1. The maximum Gasteiger partial charge on any atom is 0.242 e. The molecule has 0 spiro atoms. The van der Waals surface area contributed by atoms with Crippen molar-refractivity contribution in [3.05, 3.63) is 65.5 Å². The van der Waals surface area contributed by atoms with Gasteiger partial charge in [0.2, 0.25) is 11.8 Å². The Morgan fingerprint density at radius 2 is 1.93 bits per heavy atom. The molecule has 1 unspecified atom stereocenters. The van der Waals surface area contributed by atoms with Crippen molar-refractivity contribution in [2.75, 3.05) is 7.05 Å². The van der Waals surface area contributed by atoms with Crippen molar-refractivity contribution >= 4 is 34.4 Å². The Labute approximate surface area is 163 Å². The van der Waals surface area contributed by atoms with E-state index in [1.165, 1.54) is 30.1 Å². The van der Waals surface area contributed by atoms with E-state index in [-0.39, 0.29) is 35.3 Å². The minimum atomic E-state index is -0.888. The maximum atomic E-state index is 14.0. The van der Waals surface area contributed by atoms with Gasteiger partial charge in [0.1, 0.15) is 22.6 Å². The standard InChI is InChI=1S/C19H16F3N3O2S/c1-23-17(26)9-16-18(27)25(10-11-4-2-3-5-13(11)21)19(28-16)24-15-7-6-12(20)8-14(15)22/h2-8,16H,9-10H2,1H3,(H,23,26). The molecule has 0 bridgehead atoms. The molecular formula is C19H16F3N3O2S. The smallest absolute Gasteiger partial charge is 0.242 e. The van der Waals surface area contributed by atoms with Crippen LogP contribution in [0.5, 0.6) is 0 Å². The van der Waals surface area contributed by atoms with Crippen molar-refractivity contribution in [2.45, 2.75) is 18.2 Å². The first-order valence-corrected chi connectivity index (χ1v) is 9.22. The number of carbonyl (C=O) groups excluding carboxylic acids is 2. The van der Waals surface area contributed by atoms with E-state index < -0.39 is 28.6 Å². The first-order valence-electron chi connectivity index (χ1n) is 8.35. The number of benzene rings is 2. The molecule has 9 heteroatoms. The Bertz CT molecular complexity index is 952. The SMILES string of the molecule is CNC(=O)CC1SC(=Nc2ccc(F)cc2F)N(Cc2ccccc2F)C1=O. The highest BCUT2D eigenvalue weighted by Crippen LogP contribution is 2.33. The number of rotatable bonds is 5. The Morgan fingerprint density at radius 1 is 1.18 bits per heavy atom. The number of hydrogen-bond acceptors (Lipinski definition) is 4. The van der Waals surface area contributed by atoms with Crippen molar-refractivity contribution < 1.29 is 22.8 Å². The molecule has 1 fully saturated rings. The Hall–Kier alpha value is -2.81. The highest BCUT2D eigenvalue weighted by molar-refractivity contribution is 8.15. The van der Waals surface area contributed by atoms with Crippen LogP contribution >= 0.6 is 11.8 Å². The van der Waals surface area contributed by atoms with Gasteiger partial charge in [0, 0.05) is 25.1 Å². The normalized spacial score (nSPS) is 18.0. The van der Waals surface area contributed by atoms with Gasteiger partial charge in [0.05, 0.1) is 6.54 Å². The first-order chi connectivity index (χ1) is 13.4. The largest absolute Gasteiger partial charge is 0.359 e. The summed E-state index contributed by atoms with van der Waals surface area (Å²) in [4.78, 5) is 29.8. The Kier molecular flexibility index (Phi) is 6.03. The van der Waals surface area contributed by atoms with Crippen LogP contribution in [0.2, 0.25) is 0 Å². The predicted octanol–water partition coefficient (Wildman–Crippen LogP) is 3.37. The fourth-order valence-corrected chi connectivity index (χ4v) is 3.76. The molecule has 0 radical (unpaired) electrons. The molecule has 2 aromatic carbocycles. The third-order valence-electron chi connectivity index (χ3n) is 4.08. The average molecular weight is 407 g/mol. The van der Waals surface area contributed by atoms with Gasteiger partial charge < -0.3 is 5.32 Å². The third kappa shape index (κ3) is 4.36. The van der Waals surface area contributed by atoms with Crippen LogP contribution in [0.15, 0.2) is 47.5 Å². The van der Waals surface area contributed by atoms with Crippen LogP contribution in [-0.2, 0) is 16.1 Å². The van der Waals surface area contributed by atoms with Crippen molar-refractivity contribution in [2.24, 2.45) is 4.99 Å². The summed E-state index contributed by atoms with van der Waals surface area (Å²) in [6.07, 6.45) is -0.0985. The molecule has 0 aromatic heterocycles. The minimum Gasteiger partial charge on any atom is -0.359 e. The van der Waals surface area contributed by atoms with Crippen LogP contribution in [0.1, 0.15) is 12.0 Å². The topological polar surface area (TPSA) is 61.8 Å². The number of nitrogens with one attached hydrogen (secondary N) is 1. The summed E-state index contributed by atoms with van der Waals surface area (Å²) in [6, 6.07) is 8.82. The second kappa shape index (κ2) is 8.47. The fraction of sp³-hybridized carbons (Fsp3) is 0.211. The molecule has 2 aromatic rings. The van der Waals surface area contributed by atoms with Crippen molar-refractivity contribution in [3.63, 3.8) is 0 Å². The van der Waals surface area contributed by atoms with E-state index in [1.807, 2.05) is 0 Å². The molecule has 1 atom stereocenters. The van der Waals surface area contributed by atoms with Gasteiger partial charge in [-0.1, -0.05) is 30.0 Å². The summed E-state index contributed by atoms with van der Waals surface area (Å²) in [5.74, 6) is -2.91. The molecule has 1 N–H and O–H groups in total. The number of hydrogen-bond donors (Lipinski definition) is 1. The average Bonchev–Trinajstić information content (AvgIpc) is 2.94. The van der Waals surface area contributed by atoms with Crippen molar-refractivity contribution in [1.29, 1.82) is 0 Å². The molecule has 2 amide bonds. The van der Waals surface area contributed by atoms with Crippen LogP contribution in [0.4, 0.5) is 18.9 Å². The molecule has 0 saturated carbocycles. The van der Waals surface area contributed by atoms with Crippen LogP contribution in [0, 0.1) is 17.5 Å². The quantitative estimate of drug-likeness (QED) is 0.827. The highest BCUT2D eigenvalue weighted by atomic mass is 32.2. The lowest BCUT2D eigenvalue weighted by molar-refractivity contribution is -0.129. The van der Waals surface area contributed by atoms with Gasteiger partial charge in [-0.05, 0) is 18.2 Å². The molecule has 1 heterocycles. The molecule has 1 aliphatic heterocycles. The number of halogens is 3.